The Morgan fingerprint density at radius 2 is 1.68 bits per heavy atom. The van der Waals surface area contributed by atoms with Gasteiger partial charge < -0.3 is 10.1 Å². The molecule has 2 atom stereocenters. The molecule has 0 heterocycles. The third-order valence-electron chi connectivity index (χ3n) is 3.64. The van der Waals surface area contributed by atoms with E-state index in [1.54, 1.807) is 0 Å². The van der Waals surface area contributed by atoms with Crippen LogP contribution in [0, 0.1) is 11.8 Å². The smallest absolute Gasteiger partial charge is 0.119 e. The molecule has 108 valence electrons. The molecule has 0 aliphatic heterocycles. The first-order valence-corrected chi connectivity index (χ1v) is 7.50. The summed E-state index contributed by atoms with van der Waals surface area (Å²) in [6.07, 6.45) is 2.36. The van der Waals surface area contributed by atoms with Crippen LogP contribution in [-0.2, 0) is 0 Å². The molecule has 1 N–H and O–H groups in total. The van der Waals surface area contributed by atoms with E-state index in [-0.39, 0.29) is 0 Å². The highest BCUT2D eigenvalue weighted by atomic mass is 16.5. The van der Waals surface area contributed by atoms with E-state index >= 15 is 0 Å². The van der Waals surface area contributed by atoms with E-state index in [1.165, 1.54) is 6.42 Å². The SMILES string of the molecule is CC(C)NCC(C)C(C)CCCOc1ccccc1. The van der Waals surface area contributed by atoms with E-state index in [0.717, 1.165) is 37.2 Å². The molecule has 0 saturated heterocycles. The lowest BCUT2D eigenvalue weighted by Gasteiger charge is -2.21. The first-order valence-electron chi connectivity index (χ1n) is 7.50. The van der Waals surface area contributed by atoms with Crippen LogP contribution in [0.1, 0.15) is 40.5 Å². The highest BCUT2D eigenvalue weighted by Crippen LogP contribution is 2.17. The normalized spacial score (nSPS) is 14.4. The third-order valence-corrected chi connectivity index (χ3v) is 3.64. The fraction of sp³-hybridized carbons (Fsp3) is 0.647. The number of rotatable bonds is 9. The summed E-state index contributed by atoms with van der Waals surface area (Å²) in [5, 5.41) is 3.51. The van der Waals surface area contributed by atoms with Crippen LogP contribution in [0.5, 0.6) is 5.75 Å². The minimum Gasteiger partial charge on any atom is -0.494 e. The van der Waals surface area contributed by atoms with E-state index in [4.69, 9.17) is 4.74 Å². The molecule has 1 aromatic carbocycles. The molecular weight excluding hydrogens is 234 g/mol. The molecule has 0 aromatic heterocycles. The highest BCUT2D eigenvalue weighted by molar-refractivity contribution is 5.20. The van der Waals surface area contributed by atoms with Gasteiger partial charge in [0, 0.05) is 6.04 Å². The molecule has 19 heavy (non-hydrogen) atoms. The van der Waals surface area contributed by atoms with Gasteiger partial charge in [-0.05, 0) is 43.4 Å². The summed E-state index contributed by atoms with van der Waals surface area (Å²) in [7, 11) is 0. The summed E-state index contributed by atoms with van der Waals surface area (Å²) < 4.78 is 5.72. The van der Waals surface area contributed by atoms with Crippen molar-refractivity contribution in [2.24, 2.45) is 11.8 Å². The average Bonchev–Trinajstić information content (AvgIpc) is 2.41. The Kier molecular flexibility index (Phi) is 7.57. The van der Waals surface area contributed by atoms with Crippen molar-refractivity contribution in [3.63, 3.8) is 0 Å². The Hall–Kier alpha value is -1.02. The van der Waals surface area contributed by atoms with Crippen LogP contribution >= 0.6 is 0 Å². The molecule has 2 heteroatoms. The average molecular weight is 263 g/mol. The molecule has 0 spiro atoms. The summed E-state index contributed by atoms with van der Waals surface area (Å²) in [6.45, 7) is 11.0. The lowest BCUT2D eigenvalue weighted by Crippen LogP contribution is -2.30. The second-order valence-corrected chi connectivity index (χ2v) is 5.82. The van der Waals surface area contributed by atoms with Gasteiger partial charge in [-0.3, -0.25) is 0 Å². The van der Waals surface area contributed by atoms with Gasteiger partial charge in [0.15, 0.2) is 0 Å². The fourth-order valence-corrected chi connectivity index (χ4v) is 2.02. The van der Waals surface area contributed by atoms with E-state index in [9.17, 15) is 0 Å². The van der Waals surface area contributed by atoms with E-state index in [0.29, 0.717) is 6.04 Å². The van der Waals surface area contributed by atoms with Crippen LogP contribution in [0.25, 0.3) is 0 Å². The van der Waals surface area contributed by atoms with E-state index in [1.807, 2.05) is 30.3 Å². The molecule has 2 nitrogen and oxygen atoms in total. The molecular formula is C17H29NO. The molecule has 0 bridgehead atoms. The van der Waals surface area contributed by atoms with Crippen LogP contribution in [-0.4, -0.2) is 19.2 Å². The predicted octanol–water partition coefficient (Wildman–Crippen LogP) is 4.12. The number of benzene rings is 1. The number of hydrogen-bond acceptors (Lipinski definition) is 2. The van der Waals surface area contributed by atoms with Crippen molar-refractivity contribution in [1.29, 1.82) is 0 Å². The van der Waals surface area contributed by atoms with Gasteiger partial charge in [0.2, 0.25) is 0 Å². The molecule has 0 aliphatic carbocycles. The van der Waals surface area contributed by atoms with Crippen LogP contribution in [0.3, 0.4) is 0 Å². The minimum absolute atomic E-state index is 0.580. The van der Waals surface area contributed by atoms with Crippen LogP contribution in [0.15, 0.2) is 30.3 Å². The number of ether oxygens (including phenoxy) is 1. The molecule has 0 saturated carbocycles. The Morgan fingerprint density at radius 1 is 1.00 bits per heavy atom. The third kappa shape index (κ3) is 7.22. The second-order valence-electron chi connectivity index (χ2n) is 5.82. The zero-order valence-electron chi connectivity index (χ0n) is 12.9. The first kappa shape index (κ1) is 16.0. The van der Waals surface area contributed by atoms with Crippen molar-refractivity contribution in [2.45, 2.75) is 46.6 Å². The second kappa shape index (κ2) is 8.98. The van der Waals surface area contributed by atoms with Gasteiger partial charge in [-0.1, -0.05) is 45.9 Å². The maximum atomic E-state index is 5.72. The van der Waals surface area contributed by atoms with Crippen LogP contribution in [0.4, 0.5) is 0 Å². The maximum absolute atomic E-state index is 5.72. The minimum atomic E-state index is 0.580. The van der Waals surface area contributed by atoms with Crippen molar-refractivity contribution in [3.05, 3.63) is 30.3 Å². The summed E-state index contributed by atoms with van der Waals surface area (Å²) >= 11 is 0. The van der Waals surface area contributed by atoms with Crippen molar-refractivity contribution >= 4 is 0 Å². The Morgan fingerprint density at radius 3 is 2.32 bits per heavy atom. The zero-order valence-corrected chi connectivity index (χ0v) is 12.9. The van der Waals surface area contributed by atoms with Crippen LogP contribution < -0.4 is 10.1 Å². The van der Waals surface area contributed by atoms with Gasteiger partial charge in [-0.25, -0.2) is 0 Å². The number of nitrogens with one attached hydrogen (secondary N) is 1. The molecule has 0 fully saturated rings. The Bertz CT molecular complexity index is 323. The highest BCUT2D eigenvalue weighted by Gasteiger charge is 2.12. The number of hydrogen-bond donors (Lipinski definition) is 1. The summed E-state index contributed by atoms with van der Waals surface area (Å²) in [6, 6.07) is 10.6. The van der Waals surface area contributed by atoms with Gasteiger partial charge in [0.05, 0.1) is 6.61 Å². The molecule has 1 aromatic rings. The Balaban J connectivity index is 2.11. The fourth-order valence-electron chi connectivity index (χ4n) is 2.02. The standard InChI is InChI=1S/C17H29NO/c1-14(2)18-13-16(4)15(3)9-8-12-19-17-10-6-5-7-11-17/h5-7,10-11,14-16,18H,8-9,12-13H2,1-4H3. The maximum Gasteiger partial charge on any atom is 0.119 e. The lowest BCUT2D eigenvalue weighted by atomic mass is 9.91. The molecule has 0 radical (unpaired) electrons. The lowest BCUT2D eigenvalue weighted by molar-refractivity contribution is 0.270. The number of para-hydroxylation sites is 1. The molecule has 2 unspecified atom stereocenters. The van der Waals surface area contributed by atoms with Crippen LogP contribution in [0.2, 0.25) is 0 Å². The summed E-state index contributed by atoms with van der Waals surface area (Å²) in [5.41, 5.74) is 0. The quantitative estimate of drug-likeness (QED) is 0.677. The van der Waals surface area contributed by atoms with Gasteiger partial charge in [-0.15, -0.1) is 0 Å². The summed E-state index contributed by atoms with van der Waals surface area (Å²) in [4.78, 5) is 0. The van der Waals surface area contributed by atoms with Crippen molar-refractivity contribution in [1.82, 2.24) is 5.32 Å². The van der Waals surface area contributed by atoms with Gasteiger partial charge >= 0.3 is 0 Å². The molecule has 0 aliphatic rings. The van der Waals surface area contributed by atoms with E-state index < -0.39 is 0 Å². The van der Waals surface area contributed by atoms with Crippen molar-refractivity contribution in [3.8, 4) is 5.75 Å². The van der Waals surface area contributed by atoms with Gasteiger partial charge in [0.25, 0.3) is 0 Å². The zero-order chi connectivity index (χ0) is 14.1. The largest absolute Gasteiger partial charge is 0.494 e. The molecule has 1 rings (SSSR count). The Labute approximate surface area is 118 Å². The van der Waals surface area contributed by atoms with Gasteiger partial charge in [-0.2, -0.15) is 0 Å². The van der Waals surface area contributed by atoms with Crippen molar-refractivity contribution < 1.29 is 4.74 Å². The monoisotopic (exact) mass is 263 g/mol. The van der Waals surface area contributed by atoms with E-state index in [2.05, 4.69) is 33.0 Å². The summed E-state index contributed by atoms with van der Waals surface area (Å²) in [5.74, 6) is 2.44. The predicted molar refractivity (Wildman–Crippen MR) is 82.6 cm³/mol. The topological polar surface area (TPSA) is 21.3 Å². The van der Waals surface area contributed by atoms with Crippen molar-refractivity contribution in [2.75, 3.05) is 13.2 Å². The molecule has 0 amide bonds. The van der Waals surface area contributed by atoms with Gasteiger partial charge in [0.1, 0.15) is 5.75 Å². The first-order chi connectivity index (χ1) is 9.09.